The second-order valence-corrected chi connectivity index (χ2v) is 9.62. The number of amides is 1. The molecule has 1 unspecified atom stereocenters. The molecule has 1 amide bonds. The summed E-state index contributed by atoms with van der Waals surface area (Å²) in [5.41, 5.74) is 3.82. The van der Waals surface area contributed by atoms with E-state index in [-0.39, 0.29) is 30.9 Å². The van der Waals surface area contributed by atoms with Crippen LogP contribution in [0.2, 0.25) is 0 Å². The molecular weight excluding hydrogens is 509 g/mol. The number of aryl methyl sites for hydroxylation is 1. The molecule has 0 saturated heterocycles. The van der Waals surface area contributed by atoms with Crippen LogP contribution >= 0.6 is 23.2 Å². The Morgan fingerprint density at radius 1 is 1.05 bits per heavy atom. The Morgan fingerprint density at radius 3 is 2.41 bits per heavy atom. The first-order valence-electron chi connectivity index (χ1n) is 12.6. The van der Waals surface area contributed by atoms with Crippen LogP contribution in [0.4, 0.5) is 5.69 Å². The van der Waals surface area contributed by atoms with Crippen molar-refractivity contribution in [3.8, 4) is 0 Å². The van der Waals surface area contributed by atoms with Crippen molar-refractivity contribution >= 4 is 40.8 Å². The lowest BCUT2D eigenvalue weighted by Gasteiger charge is -2.23. The summed E-state index contributed by atoms with van der Waals surface area (Å²) in [6.45, 7) is 1.86. The SMILES string of the molecule is CN1C=CCC(C(=O)NCCOC(=O)C(CCc2ccc(N(CCCl)CCCl)cc2)c2ccccc2)=C1. The van der Waals surface area contributed by atoms with Crippen molar-refractivity contribution in [2.45, 2.75) is 25.2 Å². The molecule has 0 aliphatic carbocycles. The fourth-order valence-electron chi connectivity index (χ4n) is 4.23. The zero-order chi connectivity index (χ0) is 26.5. The zero-order valence-corrected chi connectivity index (χ0v) is 22.8. The minimum atomic E-state index is -0.389. The number of esters is 1. The van der Waals surface area contributed by atoms with Gasteiger partial charge in [-0.25, -0.2) is 0 Å². The highest BCUT2D eigenvalue weighted by Gasteiger charge is 2.22. The van der Waals surface area contributed by atoms with E-state index in [1.807, 2.05) is 54.6 Å². The highest BCUT2D eigenvalue weighted by molar-refractivity contribution is 6.18. The third kappa shape index (κ3) is 9.13. The van der Waals surface area contributed by atoms with Crippen LogP contribution in [0, 0.1) is 0 Å². The largest absolute Gasteiger partial charge is 0.463 e. The van der Waals surface area contributed by atoms with Gasteiger partial charge in [-0.05, 0) is 48.7 Å². The van der Waals surface area contributed by atoms with Crippen LogP contribution in [0.15, 0.2) is 78.6 Å². The van der Waals surface area contributed by atoms with Crippen molar-refractivity contribution in [1.82, 2.24) is 10.2 Å². The quantitative estimate of drug-likeness (QED) is 0.204. The van der Waals surface area contributed by atoms with E-state index in [1.54, 1.807) is 6.20 Å². The number of halogens is 2. The third-order valence-corrected chi connectivity index (χ3v) is 6.52. The highest BCUT2D eigenvalue weighted by atomic mass is 35.5. The highest BCUT2D eigenvalue weighted by Crippen LogP contribution is 2.25. The number of benzene rings is 2. The zero-order valence-electron chi connectivity index (χ0n) is 21.2. The molecule has 0 saturated carbocycles. The summed E-state index contributed by atoms with van der Waals surface area (Å²) in [7, 11) is 1.88. The maximum Gasteiger partial charge on any atom is 0.313 e. The Labute approximate surface area is 229 Å². The average Bonchev–Trinajstić information content (AvgIpc) is 2.92. The van der Waals surface area contributed by atoms with E-state index in [1.165, 1.54) is 0 Å². The average molecular weight is 545 g/mol. The molecule has 2 aromatic rings. The number of hydrogen-bond acceptors (Lipinski definition) is 5. The molecule has 0 bridgehead atoms. The Balaban J connectivity index is 1.54. The van der Waals surface area contributed by atoms with Gasteiger partial charge in [0.2, 0.25) is 5.91 Å². The Morgan fingerprint density at radius 2 is 1.76 bits per heavy atom. The number of ether oxygens (including phenoxy) is 1. The first-order chi connectivity index (χ1) is 18.0. The second kappa shape index (κ2) is 15.3. The molecular formula is C29H35Cl2N3O3. The summed E-state index contributed by atoms with van der Waals surface area (Å²) in [4.78, 5) is 29.4. The van der Waals surface area contributed by atoms with Gasteiger partial charge in [-0.2, -0.15) is 0 Å². The van der Waals surface area contributed by atoms with Crippen molar-refractivity contribution in [3.63, 3.8) is 0 Å². The molecule has 1 heterocycles. The van der Waals surface area contributed by atoms with Gasteiger partial charge in [0.15, 0.2) is 0 Å². The predicted octanol–water partition coefficient (Wildman–Crippen LogP) is 5.08. The predicted molar refractivity (Wildman–Crippen MR) is 151 cm³/mol. The number of carbonyl (C=O) groups is 2. The number of anilines is 1. The molecule has 1 aliphatic rings. The van der Waals surface area contributed by atoms with Crippen LogP contribution < -0.4 is 10.2 Å². The standard InChI is InChI=1S/C29H35Cl2N3O3/c1-33-18-5-8-25(22-33)28(35)32-17-21-37-29(36)27(24-6-3-2-4-7-24)14-11-23-9-12-26(13-10-23)34(19-15-30)20-16-31/h2-7,9-10,12-13,18,22,27H,8,11,14-17,19-21H2,1H3,(H,32,35). The van der Waals surface area contributed by atoms with E-state index in [0.717, 1.165) is 36.3 Å². The normalized spacial score (nSPS) is 13.6. The first-order valence-corrected chi connectivity index (χ1v) is 13.6. The van der Waals surface area contributed by atoms with Gasteiger partial charge < -0.3 is 19.9 Å². The van der Waals surface area contributed by atoms with E-state index in [0.29, 0.717) is 30.2 Å². The van der Waals surface area contributed by atoms with E-state index in [9.17, 15) is 9.59 Å². The summed E-state index contributed by atoms with van der Waals surface area (Å²) >= 11 is 11.9. The van der Waals surface area contributed by atoms with Gasteiger partial charge in [0, 0.05) is 49.4 Å². The van der Waals surface area contributed by atoms with Crippen LogP contribution in [0.1, 0.15) is 29.9 Å². The number of nitrogens with one attached hydrogen (secondary N) is 1. The summed E-state index contributed by atoms with van der Waals surface area (Å²) in [5, 5.41) is 2.83. The molecule has 0 aromatic heterocycles. The number of nitrogens with zero attached hydrogens (tertiary/aromatic N) is 2. The van der Waals surface area contributed by atoms with E-state index < -0.39 is 0 Å². The van der Waals surface area contributed by atoms with E-state index >= 15 is 0 Å². The Hall–Kier alpha value is -2.96. The lowest BCUT2D eigenvalue weighted by molar-refractivity contribution is -0.145. The lowest BCUT2D eigenvalue weighted by atomic mass is 9.92. The summed E-state index contributed by atoms with van der Waals surface area (Å²) < 4.78 is 5.58. The minimum absolute atomic E-state index is 0.124. The number of alkyl halides is 2. The second-order valence-electron chi connectivity index (χ2n) is 8.87. The number of rotatable bonds is 14. The number of hydrogen-bond donors (Lipinski definition) is 1. The molecule has 2 aromatic carbocycles. The lowest BCUT2D eigenvalue weighted by Crippen LogP contribution is -2.31. The molecule has 0 fully saturated rings. The van der Waals surface area contributed by atoms with Crippen molar-refractivity contribution in [3.05, 3.63) is 89.8 Å². The summed E-state index contributed by atoms with van der Waals surface area (Å²) in [5.74, 6) is 0.254. The van der Waals surface area contributed by atoms with Gasteiger partial charge in [0.25, 0.3) is 0 Å². The van der Waals surface area contributed by atoms with Gasteiger partial charge in [0.05, 0.1) is 12.5 Å². The van der Waals surface area contributed by atoms with Gasteiger partial charge in [-0.15, -0.1) is 23.2 Å². The Kier molecular flexibility index (Phi) is 11.9. The summed E-state index contributed by atoms with van der Waals surface area (Å²) in [6, 6.07) is 18.0. The van der Waals surface area contributed by atoms with Crippen molar-refractivity contribution in [2.75, 3.05) is 49.9 Å². The van der Waals surface area contributed by atoms with Crippen molar-refractivity contribution < 1.29 is 14.3 Å². The van der Waals surface area contributed by atoms with Gasteiger partial charge in [-0.3, -0.25) is 9.59 Å². The Bertz CT molecular complexity index is 1050. The summed E-state index contributed by atoms with van der Waals surface area (Å²) in [6.07, 6.45) is 7.58. The number of carbonyl (C=O) groups excluding carboxylic acids is 2. The molecule has 3 rings (SSSR count). The van der Waals surface area contributed by atoms with Crippen molar-refractivity contribution in [2.24, 2.45) is 0 Å². The van der Waals surface area contributed by atoms with E-state index in [4.69, 9.17) is 27.9 Å². The molecule has 0 spiro atoms. The van der Waals surface area contributed by atoms with Crippen LogP contribution in [-0.2, 0) is 20.7 Å². The van der Waals surface area contributed by atoms with Crippen LogP contribution in [0.25, 0.3) is 0 Å². The molecule has 1 atom stereocenters. The van der Waals surface area contributed by atoms with Crippen LogP contribution in [0.3, 0.4) is 0 Å². The monoisotopic (exact) mass is 543 g/mol. The minimum Gasteiger partial charge on any atom is -0.463 e. The maximum absolute atomic E-state index is 13.0. The molecule has 198 valence electrons. The molecule has 6 nitrogen and oxygen atoms in total. The van der Waals surface area contributed by atoms with Gasteiger partial charge in [0.1, 0.15) is 6.61 Å². The molecule has 37 heavy (non-hydrogen) atoms. The fourth-order valence-corrected chi connectivity index (χ4v) is 4.64. The maximum atomic E-state index is 13.0. The molecule has 8 heteroatoms. The third-order valence-electron chi connectivity index (χ3n) is 6.18. The van der Waals surface area contributed by atoms with Crippen LogP contribution in [0.5, 0.6) is 0 Å². The molecule has 1 aliphatic heterocycles. The van der Waals surface area contributed by atoms with Crippen LogP contribution in [-0.4, -0.2) is 61.8 Å². The van der Waals surface area contributed by atoms with Crippen molar-refractivity contribution in [1.29, 1.82) is 0 Å². The first kappa shape index (κ1) is 28.6. The van der Waals surface area contributed by atoms with Gasteiger partial charge in [-0.1, -0.05) is 48.5 Å². The molecule has 1 N–H and O–H groups in total. The topological polar surface area (TPSA) is 61.9 Å². The van der Waals surface area contributed by atoms with E-state index in [2.05, 4.69) is 34.5 Å². The van der Waals surface area contributed by atoms with Gasteiger partial charge >= 0.3 is 5.97 Å². The molecule has 0 radical (unpaired) electrons. The number of allylic oxidation sites excluding steroid dienone is 1. The smallest absolute Gasteiger partial charge is 0.313 e. The fraction of sp³-hybridized carbons (Fsp3) is 0.379.